The third kappa shape index (κ3) is 47.4. The first-order valence-electron chi connectivity index (χ1n) is 46.3. The summed E-state index contributed by atoms with van der Waals surface area (Å²) in [4.78, 5) is 40.7. The molecule has 0 bridgehead atoms. The fraction of sp³-hybridized carbons (Fsp3) is 0.205. The van der Waals surface area contributed by atoms with Crippen LogP contribution in [0.3, 0.4) is 0 Å². The Hall–Kier alpha value is -15.8. The van der Waals surface area contributed by atoms with Crippen LogP contribution < -0.4 is 10.6 Å². The monoisotopic (exact) mass is 1940 g/mol. The van der Waals surface area contributed by atoms with Gasteiger partial charge in [0.05, 0.1) is 59.2 Å². The maximum Gasteiger partial charge on any atom is 0.309 e. The zero-order valence-corrected chi connectivity index (χ0v) is 78.3. The van der Waals surface area contributed by atoms with Gasteiger partial charge < -0.3 is 29.8 Å². The number of carbonyl (C=O) groups is 1. The first kappa shape index (κ1) is 122. The van der Waals surface area contributed by atoms with Crippen LogP contribution in [0.4, 0.5) is 5.69 Å². The summed E-state index contributed by atoms with van der Waals surface area (Å²) in [5.41, 5.74) is 16.5. The Kier molecular flexibility index (Phi) is 64.6. The van der Waals surface area contributed by atoms with Crippen molar-refractivity contribution in [3.05, 3.63) is 498 Å². The van der Waals surface area contributed by atoms with Crippen molar-refractivity contribution in [3.63, 3.8) is 0 Å². The third-order valence-corrected chi connectivity index (χ3v) is 22.2. The number of aromatic nitrogens is 10. The Morgan fingerprint density at radius 2 is 0.882 bits per heavy atom. The number of thiazole rings is 1. The highest BCUT2D eigenvalue weighted by molar-refractivity contribution is 7.16. The second kappa shape index (κ2) is 76.1. The van der Waals surface area contributed by atoms with Gasteiger partial charge in [-0.05, 0) is 192 Å². The molecule has 4 N–H and O–H groups in total. The number of piperidine rings is 2. The van der Waals surface area contributed by atoms with E-state index in [4.69, 9.17) is 4.42 Å². The van der Waals surface area contributed by atoms with Gasteiger partial charge in [0.2, 0.25) is 0 Å². The second-order valence-electron chi connectivity index (χ2n) is 31.2. The Labute approximate surface area is 863 Å². The number of nitrogens with one attached hydrogen (secondary N) is 4. The summed E-state index contributed by atoms with van der Waals surface area (Å²) < 4.78 is 12.7. The highest BCUT2D eigenvalue weighted by atomic mass is 32.1. The van der Waals surface area contributed by atoms with Gasteiger partial charge in [-0.25, -0.2) is 9.97 Å². The maximum atomic E-state index is 11.1. The normalized spacial score (nSPS) is 12.1. The van der Waals surface area contributed by atoms with Crippen LogP contribution in [0.2, 0.25) is 0 Å². The van der Waals surface area contributed by atoms with Gasteiger partial charge in [-0.3, -0.25) is 29.4 Å². The number of fused-ring (bicyclic) bond motifs is 7. The molecule has 17 heteroatoms. The Bertz CT molecular complexity index is 5910. The van der Waals surface area contributed by atoms with Gasteiger partial charge in [0.25, 0.3) is 0 Å². The molecule has 0 amide bonds. The summed E-state index contributed by atoms with van der Waals surface area (Å²) in [6.45, 7) is 3.78. The lowest BCUT2D eigenvalue weighted by Crippen LogP contribution is -2.42. The third-order valence-electron chi connectivity index (χ3n) is 21.4. The SMILES string of the molecule is C.C.C.C.C.C.C.C.C1=Nc2ccccc2C1.C1CCC2NCCCC2C1.C1CCNCC1.COC(=O)Cc1ccc(-c2ccccc2)cc1.Cn1cc(-c2ccccc2)nn1.c1c[nH]cn1.c1ccc(-c2ccccc2)cc1.c1ccc2[nH]ccc2c1.c1ccc2ccccc2c1.c1ccc2ncccc2c1.c1ccc2occc2c1.c1ccc2scnc2c1.c1ccccc1.c1ccncc1.c1ccncc1. The molecule has 0 radical (unpaired) electrons. The molecule has 1 aliphatic carbocycles. The number of aryl methyl sites for hydroxylation is 1. The molecule has 2 atom stereocenters. The standard InChI is InChI=1S/C15H14O2.C12H10.C10H8.C9H9N3.C9H17N.C9H7N.2C8H7N.C8H6O.C7H5NS.C6H6.C5H11N.2C5H5N.C3H4N2.8CH4/c1-17-15(16)11-12-7-9-14(10-8-12)13-5-3-2-4-6-13;1-3-7-11(8-4-1)12-9-5-2-6-10-12;1-2-6-10-8-4-3-7-9(10)5-1;1-12-7-9(10-11-12)8-5-3-2-4-6-8;2*1-2-6-9-8(4-1)5-3-7-10-9;3*1-2-4-8-7(3-1)5-6-9-8;1-2-4-7-6(3-1)8-5-9-7;4*1-2-4-6-5-3-1;1-2-5-3-4-1;;;;;;;;/h2-10H,11H2,1H3;1-10H;1-8H;2-7H,1H3;8-10H,1-7H2;1-7H;1-4,6H,5H2;1-6,9H;1-6H;1-5H;1-6H;6H,1-5H2;2*1-5H;1-3H,(H,4,5);8*1H4. The van der Waals surface area contributed by atoms with E-state index < -0.39 is 0 Å². The molecule has 750 valence electrons. The number of rotatable bonds is 5. The predicted octanol–water partition coefficient (Wildman–Crippen LogP) is 33.9. The van der Waals surface area contributed by atoms with Crippen molar-refractivity contribution in [2.45, 2.75) is 136 Å². The van der Waals surface area contributed by atoms with Crippen molar-refractivity contribution in [3.8, 4) is 33.5 Å². The number of nitrogens with zero attached hydrogens (tertiary/aromatic N) is 9. The van der Waals surface area contributed by atoms with Crippen molar-refractivity contribution in [1.29, 1.82) is 0 Å². The van der Waals surface area contributed by atoms with E-state index in [0.29, 0.717) is 6.42 Å². The summed E-state index contributed by atoms with van der Waals surface area (Å²) in [6.07, 6.45) is 35.8. The number of H-pyrrole nitrogens is 2. The van der Waals surface area contributed by atoms with E-state index in [0.717, 1.165) is 68.5 Å². The number of ether oxygens (including phenoxy) is 1. The van der Waals surface area contributed by atoms with Gasteiger partial charge >= 0.3 is 5.97 Å². The van der Waals surface area contributed by atoms with Crippen molar-refractivity contribution < 1.29 is 13.9 Å². The van der Waals surface area contributed by atoms with Crippen LogP contribution in [0.1, 0.15) is 128 Å². The summed E-state index contributed by atoms with van der Waals surface area (Å²) >= 11 is 1.68. The molecule has 144 heavy (non-hydrogen) atoms. The molecule has 8 aromatic heterocycles. The van der Waals surface area contributed by atoms with Crippen LogP contribution in [0.5, 0.6) is 0 Å². The topological polar surface area (TPSA) is 203 Å². The van der Waals surface area contributed by atoms with Crippen molar-refractivity contribution in [1.82, 2.24) is 60.5 Å². The molecule has 13 aromatic carbocycles. The molecular formula is C127H153N13O3S. The van der Waals surface area contributed by atoms with E-state index in [1.807, 2.05) is 298 Å². The van der Waals surface area contributed by atoms with Crippen molar-refractivity contribution >= 4 is 83.0 Å². The number of carbonyl (C=O) groups excluding carboxylic acids is 1. The zero-order valence-electron chi connectivity index (χ0n) is 77.5. The van der Waals surface area contributed by atoms with Crippen LogP contribution in [0.25, 0.3) is 87.3 Å². The van der Waals surface area contributed by atoms with Crippen LogP contribution in [-0.2, 0) is 29.4 Å². The minimum Gasteiger partial charge on any atom is -0.469 e. The second-order valence-corrected chi connectivity index (χ2v) is 32.1. The first-order valence-corrected chi connectivity index (χ1v) is 47.1. The number of aliphatic imine (C=N–C) groups is 1. The minimum absolute atomic E-state index is 0. The summed E-state index contributed by atoms with van der Waals surface area (Å²) in [5.74, 6) is 0.833. The Balaban J connectivity index is 0.000000398. The molecule has 3 aliphatic heterocycles. The summed E-state index contributed by atoms with van der Waals surface area (Å²) in [7, 11) is 3.26. The van der Waals surface area contributed by atoms with E-state index in [-0.39, 0.29) is 65.4 Å². The molecule has 25 rings (SSSR count). The fourth-order valence-corrected chi connectivity index (χ4v) is 15.1. The largest absolute Gasteiger partial charge is 0.469 e. The first-order chi connectivity index (χ1) is 67.4. The number of hydrogen-bond donors (Lipinski definition) is 4. The van der Waals surface area contributed by atoms with Gasteiger partial charge in [0.1, 0.15) is 11.3 Å². The lowest BCUT2D eigenvalue weighted by Gasteiger charge is -2.36. The molecule has 16 nitrogen and oxygen atoms in total. The molecule has 0 spiro atoms. The number of pyridine rings is 3. The minimum atomic E-state index is -0.211. The van der Waals surface area contributed by atoms with Gasteiger partial charge in [-0.2, -0.15) is 0 Å². The van der Waals surface area contributed by atoms with Crippen LogP contribution in [0.15, 0.2) is 496 Å². The molecule has 1 saturated carbocycles. The molecule has 3 fully saturated rings. The summed E-state index contributed by atoms with van der Waals surface area (Å²) in [5, 5.41) is 21.0. The van der Waals surface area contributed by atoms with Gasteiger partial charge in [0, 0.05) is 97.2 Å². The van der Waals surface area contributed by atoms with E-state index in [1.54, 1.807) is 65.8 Å². The number of hydrogen-bond acceptors (Lipinski definition) is 14. The highest BCUT2D eigenvalue weighted by Crippen LogP contribution is 2.31. The summed E-state index contributed by atoms with van der Waals surface area (Å²) in [6, 6.07) is 139. The highest BCUT2D eigenvalue weighted by Gasteiger charge is 2.26. The van der Waals surface area contributed by atoms with Crippen molar-refractivity contribution in [2.75, 3.05) is 26.7 Å². The smallest absolute Gasteiger partial charge is 0.309 e. The maximum absolute atomic E-state index is 11.1. The average Bonchev–Trinajstić information content (AvgIpc) is 1.36. The molecule has 21 aromatic rings. The van der Waals surface area contributed by atoms with Crippen LogP contribution in [0, 0.1) is 5.92 Å². The Morgan fingerprint density at radius 3 is 1.35 bits per heavy atom. The van der Waals surface area contributed by atoms with Crippen LogP contribution >= 0.6 is 11.3 Å². The van der Waals surface area contributed by atoms with Gasteiger partial charge in [-0.1, -0.05) is 418 Å². The fourth-order valence-electron chi connectivity index (χ4n) is 14.4. The molecule has 4 aliphatic rings. The average molecular weight is 1940 g/mol. The van der Waals surface area contributed by atoms with E-state index >= 15 is 0 Å². The zero-order chi connectivity index (χ0) is 94.1. The Morgan fingerprint density at radius 1 is 0.403 bits per heavy atom. The number of methoxy groups -OCH3 is 1. The number of para-hydroxylation sites is 5. The van der Waals surface area contributed by atoms with E-state index in [1.165, 1.54) is 139 Å². The quantitative estimate of drug-likeness (QED) is 0.119. The van der Waals surface area contributed by atoms with Crippen LogP contribution in [-0.4, -0.2) is 94.9 Å². The molecule has 2 saturated heterocycles. The lowest BCUT2D eigenvalue weighted by atomic mass is 9.80. The number of benzene rings is 13. The molecular weight excluding hydrogens is 1790 g/mol. The predicted molar refractivity (Wildman–Crippen MR) is 621 cm³/mol. The van der Waals surface area contributed by atoms with E-state index in [9.17, 15) is 4.79 Å². The number of furan rings is 1. The lowest BCUT2D eigenvalue weighted by molar-refractivity contribution is -0.139. The van der Waals surface area contributed by atoms with Crippen molar-refractivity contribution in [2.24, 2.45) is 18.0 Å². The number of imidazole rings is 1. The number of aromatic amines is 2. The van der Waals surface area contributed by atoms with E-state index in [2.05, 4.69) is 217 Å². The molecule has 2 unspecified atom stereocenters. The van der Waals surface area contributed by atoms with Gasteiger partial charge in [-0.15, -0.1) is 16.4 Å². The molecule has 11 heterocycles. The number of esters is 1. The van der Waals surface area contributed by atoms with Gasteiger partial charge in [0.15, 0.2) is 0 Å².